The molecule has 1 fully saturated rings. The number of benzene rings is 5. The third-order valence-electron chi connectivity index (χ3n) is 9.24. The Morgan fingerprint density at radius 3 is 2.16 bits per heavy atom. The summed E-state index contributed by atoms with van der Waals surface area (Å²) in [6, 6.07) is 33.4. The van der Waals surface area contributed by atoms with Crippen molar-refractivity contribution in [1.29, 1.82) is 0 Å². The van der Waals surface area contributed by atoms with Gasteiger partial charge in [0.25, 0.3) is 5.69 Å². The van der Waals surface area contributed by atoms with Crippen molar-refractivity contribution in [3.05, 3.63) is 147 Å². The van der Waals surface area contributed by atoms with Gasteiger partial charge in [0.2, 0.25) is 11.8 Å². The number of hydrogen-bond donors (Lipinski definition) is 0. The second-order valence-corrected chi connectivity index (χ2v) is 11.6. The number of amides is 2. The normalized spacial score (nSPS) is 23.5. The van der Waals surface area contributed by atoms with Crippen molar-refractivity contribution in [2.45, 2.75) is 11.3 Å². The van der Waals surface area contributed by atoms with Gasteiger partial charge in [-0.2, -0.15) is 0 Å². The Bertz CT molecular complexity index is 2020. The number of imide groups is 1. The van der Waals surface area contributed by atoms with E-state index in [1.165, 1.54) is 23.1 Å². The second-order valence-electron chi connectivity index (χ2n) is 11.2. The summed E-state index contributed by atoms with van der Waals surface area (Å²) in [5.41, 5.74) is 3.51. The Labute approximate surface area is 251 Å². The molecule has 1 heterocycles. The topological polar surface area (TPSA) is 92.9 Å². The molecule has 1 saturated heterocycles. The first-order chi connectivity index (χ1) is 20.9. The molecule has 5 aromatic rings. The van der Waals surface area contributed by atoms with Gasteiger partial charge in [-0.05, 0) is 39.8 Å². The highest BCUT2D eigenvalue weighted by Crippen LogP contribution is 2.64. The number of carbonyl (C=O) groups excluding carboxylic acids is 2. The Hall–Kier alpha value is -5.14. The average Bonchev–Trinajstić information content (AvgIpc) is 3.30. The Morgan fingerprint density at radius 2 is 1.47 bits per heavy atom. The van der Waals surface area contributed by atoms with Gasteiger partial charge >= 0.3 is 0 Å². The predicted octanol–water partition coefficient (Wildman–Crippen LogP) is 7.35. The number of halogens is 1. The third-order valence-corrected chi connectivity index (χ3v) is 9.54. The van der Waals surface area contributed by atoms with Gasteiger partial charge in [0.05, 0.1) is 38.6 Å². The Morgan fingerprint density at radius 1 is 0.814 bits per heavy atom. The fraction of sp³-hybridized carbons (Fsp3) is 0.114. The lowest BCUT2D eigenvalue weighted by atomic mass is 9.47. The maximum Gasteiger partial charge on any atom is 0.271 e. The molecule has 0 radical (unpaired) electrons. The lowest BCUT2D eigenvalue weighted by molar-refractivity contribution is -0.384. The minimum absolute atomic E-state index is 0.121. The average molecular weight is 584 g/mol. The van der Waals surface area contributed by atoms with E-state index in [1.54, 1.807) is 6.21 Å². The number of carbonyl (C=O) groups is 2. The van der Waals surface area contributed by atoms with Crippen LogP contribution in [0.2, 0.25) is 5.02 Å². The van der Waals surface area contributed by atoms with Gasteiger partial charge in [0, 0.05) is 29.7 Å². The molecular formula is C35H22ClN3O4. The van der Waals surface area contributed by atoms with E-state index < -0.39 is 22.2 Å². The quantitative estimate of drug-likeness (QED) is 0.0956. The third kappa shape index (κ3) is 3.40. The molecule has 7 nitrogen and oxygen atoms in total. The van der Waals surface area contributed by atoms with Crippen molar-refractivity contribution in [3.8, 4) is 0 Å². The zero-order valence-corrected chi connectivity index (χ0v) is 23.3. The van der Waals surface area contributed by atoms with Crippen molar-refractivity contribution >= 4 is 57.5 Å². The highest BCUT2D eigenvalue weighted by atomic mass is 35.5. The minimum Gasteiger partial charge on any atom is -0.274 e. The summed E-state index contributed by atoms with van der Waals surface area (Å²) >= 11 is 6.46. The number of fused-ring (bicyclic) bond motifs is 1. The summed E-state index contributed by atoms with van der Waals surface area (Å²) in [5, 5.41) is 13.2. The van der Waals surface area contributed by atoms with E-state index in [9.17, 15) is 19.7 Å². The van der Waals surface area contributed by atoms with E-state index in [0.717, 1.165) is 33.0 Å². The van der Waals surface area contributed by atoms with E-state index in [0.29, 0.717) is 11.4 Å². The Kier molecular flexibility index (Phi) is 5.46. The first kappa shape index (κ1) is 25.6. The number of nitrogens with zero attached hydrogens (tertiary/aromatic N) is 3. The summed E-state index contributed by atoms with van der Waals surface area (Å²) in [6.45, 7) is 0. The first-order valence-corrected chi connectivity index (χ1v) is 14.3. The summed E-state index contributed by atoms with van der Waals surface area (Å²) in [7, 11) is 0. The molecule has 0 unspecified atom stereocenters. The molecule has 9 rings (SSSR count). The molecule has 43 heavy (non-hydrogen) atoms. The van der Waals surface area contributed by atoms with Crippen molar-refractivity contribution in [2.24, 2.45) is 16.8 Å². The van der Waals surface area contributed by atoms with E-state index in [-0.39, 0.29) is 28.4 Å². The lowest BCUT2D eigenvalue weighted by Gasteiger charge is -2.52. The summed E-state index contributed by atoms with van der Waals surface area (Å²) in [6.07, 6.45) is 1.74. The zero-order chi connectivity index (χ0) is 29.5. The highest BCUT2D eigenvalue weighted by molar-refractivity contribution is 6.33. The standard InChI is InChI=1S/C35H22ClN3O4/c36-27-18-21(39(42)43)16-17-28(27)37-19-35-25-13-5-3-11-23(25)30(24-12-4-6-14-26(24)35)31-32(35)34(41)38(33(31)40)29-15-7-9-20-8-1-2-10-22(20)29/h1-19,30-32H/t30?,31-,32-,35?/m0/s1. The lowest BCUT2D eigenvalue weighted by Crippen LogP contribution is -2.54. The summed E-state index contributed by atoms with van der Waals surface area (Å²) in [5.74, 6) is -2.20. The van der Waals surface area contributed by atoms with E-state index in [1.807, 2.05) is 91.0 Å². The highest BCUT2D eigenvalue weighted by Gasteiger charge is 2.68. The van der Waals surface area contributed by atoms with Gasteiger partial charge < -0.3 is 0 Å². The van der Waals surface area contributed by atoms with Gasteiger partial charge in [-0.15, -0.1) is 0 Å². The number of hydrogen-bond acceptors (Lipinski definition) is 5. The van der Waals surface area contributed by atoms with Crippen LogP contribution in [-0.4, -0.2) is 23.0 Å². The van der Waals surface area contributed by atoms with E-state index in [2.05, 4.69) is 0 Å². The number of rotatable bonds is 4. The van der Waals surface area contributed by atoms with Crippen LogP contribution in [0, 0.1) is 22.0 Å². The van der Waals surface area contributed by atoms with Crippen LogP contribution in [0.15, 0.2) is 114 Å². The molecule has 0 N–H and O–H groups in total. The smallest absolute Gasteiger partial charge is 0.271 e. The molecule has 0 saturated carbocycles. The molecule has 4 aliphatic rings. The van der Waals surface area contributed by atoms with E-state index >= 15 is 0 Å². The van der Waals surface area contributed by atoms with Crippen LogP contribution in [0.25, 0.3) is 10.8 Å². The molecule has 2 bridgehead atoms. The van der Waals surface area contributed by atoms with Gasteiger partial charge in [0.1, 0.15) is 0 Å². The molecule has 3 aliphatic carbocycles. The van der Waals surface area contributed by atoms with Crippen molar-refractivity contribution in [2.75, 3.05) is 4.90 Å². The molecule has 2 atom stereocenters. The van der Waals surface area contributed by atoms with Crippen LogP contribution in [0.4, 0.5) is 17.1 Å². The van der Waals surface area contributed by atoms with E-state index in [4.69, 9.17) is 16.6 Å². The number of nitro benzene ring substituents is 1. The van der Waals surface area contributed by atoms with Crippen molar-refractivity contribution in [3.63, 3.8) is 0 Å². The molecule has 208 valence electrons. The van der Waals surface area contributed by atoms with Crippen LogP contribution in [0.3, 0.4) is 0 Å². The summed E-state index contributed by atoms with van der Waals surface area (Å²) < 4.78 is 0. The largest absolute Gasteiger partial charge is 0.274 e. The van der Waals surface area contributed by atoms with Gasteiger partial charge in [-0.1, -0.05) is 96.5 Å². The van der Waals surface area contributed by atoms with Gasteiger partial charge in [0.15, 0.2) is 0 Å². The number of non-ortho nitro benzene ring substituents is 1. The van der Waals surface area contributed by atoms with Crippen LogP contribution < -0.4 is 4.90 Å². The number of aliphatic imine (C=N–C) groups is 1. The van der Waals surface area contributed by atoms with Gasteiger partial charge in [-0.25, -0.2) is 4.90 Å². The first-order valence-electron chi connectivity index (χ1n) is 14.0. The van der Waals surface area contributed by atoms with Gasteiger partial charge in [-0.3, -0.25) is 24.7 Å². The zero-order valence-electron chi connectivity index (χ0n) is 22.6. The summed E-state index contributed by atoms with van der Waals surface area (Å²) in [4.78, 5) is 46.3. The minimum atomic E-state index is -1.08. The predicted molar refractivity (Wildman–Crippen MR) is 165 cm³/mol. The van der Waals surface area contributed by atoms with Crippen LogP contribution in [0.5, 0.6) is 0 Å². The monoisotopic (exact) mass is 583 g/mol. The fourth-order valence-electron chi connectivity index (χ4n) is 7.58. The Balaban J connectivity index is 1.38. The van der Waals surface area contributed by atoms with Crippen LogP contribution in [0.1, 0.15) is 28.2 Å². The van der Waals surface area contributed by atoms with Crippen LogP contribution >= 0.6 is 11.6 Å². The fourth-order valence-corrected chi connectivity index (χ4v) is 7.80. The second kappa shape index (κ2) is 9.18. The molecule has 1 aliphatic heterocycles. The maximum atomic E-state index is 14.7. The number of nitro groups is 1. The SMILES string of the molecule is O=C1[C@@H]2[C@@H](C(=O)N1c1cccc3ccccc13)C1c3ccccc3C2(C=Nc2ccc([N+](=O)[O-])cc2Cl)c2ccccc21. The molecule has 8 heteroatoms. The number of anilines is 1. The molecular weight excluding hydrogens is 562 g/mol. The van der Waals surface area contributed by atoms with Crippen molar-refractivity contribution in [1.82, 2.24) is 0 Å². The molecule has 5 aromatic carbocycles. The maximum absolute atomic E-state index is 14.7. The van der Waals surface area contributed by atoms with Crippen LogP contribution in [-0.2, 0) is 15.0 Å². The molecule has 0 aromatic heterocycles. The van der Waals surface area contributed by atoms with Crippen molar-refractivity contribution < 1.29 is 14.5 Å². The molecule has 0 spiro atoms. The molecule has 2 amide bonds.